The fourth-order valence-electron chi connectivity index (χ4n) is 2.29. The number of halogens is 6. The quantitative estimate of drug-likeness (QED) is 0.507. The molecule has 0 saturated carbocycles. The number of hydrogen-bond acceptors (Lipinski definition) is 6. The Bertz CT molecular complexity index is 1040. The average molecular weight is 457 g/mol. The van der Waals surface area contributed by atoms with Crippen LogP contribution < -0.4 is 9.62 Å². The first-order valence-corrected chi connectivity index (χ1v) is 9.73. The highest BCUT2D eigenvalue weighted by molar-refractivity contribution is 7.88. The summed E-state index contributed by atoms with van der Waals surface area (Å²) in [6.45, 7) is 4.07. The van der Waals surface area contributed by atoms with Gasteiger partial charge in [0.05, 0.1) is 31.5 Å². The molecule has 1 heterocycles. The second-order valence-electron chi connectivity index (χ2n) is 5.98. The van der Waals surface area contributed by atoms with Crippen LogP contribution in [0, 0.1) is 6.57 Å². The molecule has 0 atom stereocenters. The summed E-state index contributed by atoms with van der Waals surface area (Å²) in [4.78, 5) is 6.99. The smallest absolute Gasteiger partial charge is 0.355 e. The molecule has 30 heavy (non-hydrogen) atoms. The van der Waals surface area contributed by atoms with Crippen molar-refractivity contribution in [2.75, 3.05) is 17.7 Å². The maximum absolute atomic E-state index is 13.1. The highest BCUT2D eigenvalue weighted by Gasteiger charge is 2.36. The molecule has 1 N–H and O–H groups in total. The second-order valence-corrected chi connectivity index (χ2v) is 7.81. The van der Waals surface area contributed by atoms with Crippen molar-refractivity contribution in [3.8, 4) is 0 Å². The first-order chi connectivity index (χ1) is 13.7. The molecule has 0 fully saturated rings. The minimum atomic E-state index is -4.95. The molecular formula is C15H13F6N5O3S. The van der Waals surface area contributed by atoms with E-state index in [0.29, 0.717) is 11.0 Å². The molecule has 164 valence electrons. The minimum Gasteiger partial charge on any atom is -0.355 e. The molecule has 0 aliphatic rings. The van der Waals surface area contributed by atoms with Crippen LogP contribution in [0.25, 0.3) is 4.85 Å². The molecule has 0 radical (unpaired) electrons. The van der Waals surface area contributed by atoms with Gasteiger partial charge < -0.3 is 9.42 Å². The predicted molar refractivity (Wildman–Crippen MR) is 90.8 cm³/mol. The van der Waals surface area contributed by atoms with E-state index < -0.39 is 58.9 Å². The molecule has 8 nitrogen and oxygen atoms in total. The Morgan fingerprint density at radius 3 is 2.43 bits per heavy atom. The lowest BCUT2D eigenvalue weighted by atomic mass is 10.1. The zero-order valence-corrected chi connectivity index (χ0v) is 15.9. The summed E-state index contributed by atoms with van der Waals surface area (Å²) in [6, 6.07) is 2.15. The Morgan fingerprint density at radius 1 is 1.23 bits per heavy atom. The van der Waals surface area contributed by atoms with Crippen molar-refractivity contribution >= 4 is 21.4 Å². The number of sulfonamides is 1. The summed E-state index contributed by atoms with van der Waals surface area (Å²) in [5.41, 5.74) is -2.60. The lowest BCUT2D eigenvalue weighted by Gasteiger charge is -2.25. The van der Waals surface area contributed by atoms with E-state index in [-0.39, 0.29) is 11.7 Å². The summed E-state index contributed by atoms with van der Waals surface area (Å²) in [6.07, 6.45) is -8.86. The van der Waals surface area contributed by atoms with Crippen molar-refractivity contribution in [1.29, 1.82) is 0 Å². The third kappa shape index (κ3) is 6.88. The van der Waals surface area contributed by atoms with Gasteiger partial charge in [-0.15, -0.1) is 0 Å². The van der Waals surface area contributed by atoms with E-state index in [2.05, 4.69) is 15.0 Å². The number of anilines is 1. The number of alkyl halides is 6. The van der Waals surface area contributed by atoms with E-state index in [1.807, 2.05) is 4.72 Å². The fraction of sp³-hybridized carbons (Fsp3) is 0.400. The lowest BCUT2D eigenvalue weighted by molar-refractivity contribution is -0.136. The molecule has 2 aromatic rings. The molecule has 15 heteroatoms. The third-order valence-corrected chi connectivity index (χ3v) is 4.14. The van der Waals surface area contributed by atoms with Gasteiger partial charge in [-0.05, 0) is 12.1 Å². The highest BCUT2D eigenvalue weighted by atomic mass is 32.2. The number of nitrogens with one attached hydrogen (secondary N) is 1. The van der Waals surface area contributed by atoms with Gasteiger partial charge in [0.1, 0.15) is 6.54 Å². The van der Waals surface area contributed by atoms with Gasteiger partial charge in [-0.3, -0.25) is 0 Å². The van der Waals surface area contributed by atoms with E-state index in [9.17, 15) is 34.8 Å². The Kier molecular flexibility index (Phi) is 6.62. The topological polar surface area (TPSA) is 92.7 Å². The minimum absolute atomic E-state index is 0.248. The number of aromatic nitrogens is 2. The van der Waals surface area contributed by atoms with E-state index in [1.165, 1.54) is 0 Å². The van der Waals surface area contributed by atoms with Gasteiger partial charge in [0.25, 0.3) is 0 Å². The van der Waals surface area contributed by atoms with Crippen molar-refractivity contribution in [3.63, 3.8) is 0 Å². The number of hydrogen-bond donors (Lipinski definition) is 1. The monoisotopic (exact) mass is 457 g/mol. The Morgan fingerprint density at radius 2 is 1.90 bits per heavy atom. The number of rotatable bonds is 7. The predicted octanol–water partition coefficient (Wildman–Crippen LogP) is 3.26. The van der Waals surface area contributed by atoms with Crippen LogP contribution in [0.2, 0.25) is 0 Å². The zero-order chi connectivity index (χ0) is 22.7. The molecular weight excluding hydrogens is 444 g/mol. The van der Waals surface area contributed by atoms with Crippen LogP contribution in [0.3, 0.4) is 0 Å². The van der Waals surface area contributed by atoms with Gasteiger partial charge in [0.15, 0.2) is 11.5 Å². The van der Waals surface area contributed by atoms with Crippen molar-refractivity contribution < 1.29 is 39.3 Å². The van der Waals surface area contributed by atoms with Gasteiger partial charge in [0, 0.05) is 5.69 Å². The molecule has 0 saturated heterocycles. The molecule has 1 aromatic heterocycles. The number of nitrogens with zero attached hydrogens (tertiary/aromatic N) is 4. The van der Waals surface area contributed by atoms with Crippen molar-refractivity contribution in [2.24, 2.45) is 0 Å². The Balaban J connectivity index is 2.34. The molecule has 0 aliphatic heterocycles. The maximum atomic E-state index is 13.1. The normalized spacial score (nSPS) is 12.6. The van der Waals surface area contributed by atoms with Crippen LogP contribution in [-0.4, -0.2) is 37.5 Å². The van der Waals surface area contributed by atoms with Crippen LogP contribution in [0.5, 0.6) is 0 Å². The molecule has 0 bridgehead atoms. The fourth-order valence-corrected chi connectivity index (χ4v) is 2.68. The van der Waals surface area contributed by atoms with Gasteiger partial charge >= 0.3 is 12.4 Å². The third-order valence-electron chi connectivity index (χ3n) is 3.47. The van der Waals surface area contributed by atoms with E-state index in [4.69, 9.17) is 11.1 Å². The summed E-state index contributed by atoms with van der Waals surface area (Å²) < 4.78 is 107. The maximum Gasteiger partial charge on any atom is 0.407 e. The second kappa shape index (κ2) is 8.48. The van der Waals surface area contributed by atoms with Crippen LogP contribution in [0.4, 0.5) is 37.7 Å². The highest BCUT2D eigenvalue weighted by Crippen LogP contribution is 2.39. The summed E-state index contributed by atoms with van der Waals surface area (Å²) in [7, 11) is -3.60. The molecule has 2 rings (SSSR count). The largest absolute Gasteiger partial charge is 0.407 e. The molecule has 1 aromatic carbocycles. The average Bonchev–Trinajstić information content (AvgIpc) is 3.04. The molecule has 0 aliphatic carbocycles. The summed E-state index contributed by atoms with van der Waals surface area (Å²) in [5, 5.41) is 3.42. The molecule has 0 unspecified atom stereocenters. The van der Waals surface area contributed by atoms with Crippen LogP contribution >= 0.6 is 0 Å². The van der Waals surface area contributed by atoms with E-state index in [0.717, 1.165) is 18.4 Å². The summed E-state index contributed by atoms with van der Waals surface area (Å²) in [5.74, 6) is -0.561. The Labute approximate surface area is 166 Å². The molecule has 0 amide bonds. The van der Waals surface area contributed by atoms with Crippen LogP contribution in [0.1, 0.15) is 17.3 Å². The van der Waals surface area contributed by atoms with Gasteiger partial charge in [-0.1, -0.05) is 11.2 Å². The van der Waals surface area contributed by atoms with E-state index >= 15 is 0 Å². The van der Waals surface area contributed by atoms with Gasteiger partial charge in [-0.25, -0.2) is 18.0 Å². The SMILES string of the molecule is [C-]#[N+]c1ccc(N(Cc2noc(CNS(C)(=O)=O)n2)CC(F)(F)F)cc1C(F)(F)F. The van der Waals surface area contributed by atoms with Crippen LogP contribution in [-0.2, 0) is 29.3 Å². The first-order valence-electron chi connectivity index (χ1n) is 7.84. The van der Waals surface area contributed by atoms with Gasteiger partial charge in [-0.2, -0.15) is 31.3 Å². The summed E-state index contributed by atoms with van der Waals surface area (Å²) >= 11 is 0. The van der Waals surface area contributed by atoms with Gasteiger partial charge in [0.2, 0.25) is 15.9 Å². The number of benzene rings is 1. The first kappa shape index (κ1) is 23.4. The molecule has 0 spiro atoms. The van der Waals surface area contributed by atoms with E-state index in [1.54, 1.807) is 0 Å². The van der Waals surface area contributed by atoms with Crippen molar-refractivity contribution in [2.45, 2.75) is 25.4 Å². The van der Waals surface area contributed by atoms with Crippen molar-refractivity contribution in [1.82, 2.24) is 14.9 Å². The lowest BCUT2D eigenvalue weighted by Crippen LogP contribution is -2.34. The zero-order valence-electron chi connectivity index (χ0n) is 15.0. The standard InChI is InChI=1S/C15H13F6N5O3S/c1-22-11-4-3-9(5-10(11)15(19,20)21)26(8-14(16,17)18)7-12-24-13(29-25-12)6-23-30(2,27)28/h3-5,23H,6-8H2,2H3. The van der Waals surface area contributed by atoms with Crippen molar-refractivity contribution in [3.05, 3.63) is 46.9 Å². The Hall–Kier alpha value is -2.86. The van der Waals surface area contributed by atoms with Crippen LogP contribution in [0.15, 0.2) is 22.7 Å².